The topological polar surface area (TPSA) is 9.23 Å². The van der Waals surface area contributed by atoms with Crippen molar-refractivity contribution in [3.05, 3.63) is 251 Å². The third-order valence-corrected chi connectivity index (χ3v) is 14.1. The van der Waals surface area contributed by atoms with Gasteiger partial charge in [-0.2, -0.15) is 0 Å². The van der Waals surface area contributed by atoms with Gasteiger partial charge < -0.3 is 4.74 Å². The molecule has 0 aromatic heterocycles. The summed E-state index contributed by atoms with van der Waals surface area (Å²) in [7, 11) is 0. The van der Waals surface area contributed by atoms with E-state index in [2.05, 4.69) is 206 Å². The zero-order valence-electron chi connectivity index (χ0n) is 32.0. The lowest BCUT2D eigenvalue weighted by Gasteiger charge is -2.40. The Bertz CT molecular complexity index is 3450. The number of ether oxygens (including phenoxy) is 1. The molecule has 0 amide bonds. The van der Waals surface area contributed by atoms with Gasteiger partial charge in [0.05, 0.1) is 10.8 Å². The maximum absolute atomic E-state index is 7.17. The number of benzene rings is 10. The van der Waals surface area contributed by atoms with Crippen LogP contribution in [0.5, 0.6) is 11.5 Å². The Kier molecular flexibility index (Phi) is 5.96. The summed E-state index contributed by atoms with van der Waals surface area (Å²) in [6.45, 7) is 0. The van der Waals surface area contributed by atoms with E-state index < -0.39 is 10.8 Å². The summed E-state index contributed by atoms with van der Waals surface area (Å²) >= 11 is 0. The van der Waals surface area contributed by atoms with Crippen LogP contribution >= 0.6 is 0 Å². The summed E-state index contributed by atoms with van der Waals surface area (Å²) < 4.78 is 7.17. The Morgan fingerprint density at radius 2 is 0.814 bits per heavy atom. The molecule has 0 N–H and O–H groups in total. The predicted molar refractivity (Wildman–Crippen MR) is 241 cm³/mol. The lowest BCUT2D eigenvalue weighted by Crippen LogP contribution is -2.32. The van der Waals surface area contributed by atoms with E-state index in [0.29, 0.717) is 0 Å². The Morgan fingerprint density at radius 3 is 1.53 bits per heavy atom. The molecule has 3 aliphatic carbocycles. The SMILES string of the molecule is c1ccc2c(c1)-c1ccccc1C21c2cc(-c3cccc4c3C3(c5ccccc5-4)c4ccccc4-c4c3ccc3ccccc43)ccc2Oc2c1ccc1ccccc21. The van der Waals surface area contributed by atoms with Crippen LogP contribution in [0.3, 0.4) is 0 Å². The van der Waals surface area contributed by atoms with Crippen molar-refractivity contribution in [1.82, 2.24) is 0 Å². The highest BCUT2D eigenvalue weighted by Gasteiger charge is 2.54. The molecule has 1 heteroatoms. The second kappa shape index (κ2) is 11.1. The number of rotatable bonds is 1. The van der Waals surface area contributed by atoms with Crippen LogP contribution in [0.15, 0.2) is 206 Å². The van der Waals surface area contributed by atoms with Crippen molar-refractivity contribution in [3.8, 4) is 56.0 Å². The third kappa shape index (κ3) is 3.69. The lowest BCUT2D eigenvalue weighted by molar-refractivity contribution is 0.442. The van der Waals surface area contributed by atoms with E-state index in [1.54, 1.807) is 0 Å². The second-order valence-corrected chi connectivity index (χ2v) is 16.6. The molecule has 0 bridgehead atoms. The molecule has 14 rings (SSSR count). The van der Waals surface area contributed by atoms with E-state index in [1.807, 2.05) is 0 Å². The standard InChI is InChI=1S/C58H34O/c1-3-16-38-35(14-1)28-31-50-54(38)45-21-8-12-27-49(45)58(50)48-26-11-7-20-43(48)44-23-13-22-39(55(44)58)37-30-33-53-52(34-37)57(51-32-29-36-15-2-4-17-40(36)56(51)59-53)46-24-9-5-18-41(46)42-19-6-10-25-47(42)57/h1-34H. The second-order valence-electron chi connectivity index (χ2n) is 16.6. The maximum Gasteiger partial charge on any atom is 0.140 e. The predicted octanol–water partition coefficient (Wildman–Crippen LogP) is 14.5. The smallest absolute Gasteiger partial charge is 0.140 e. The van der Waals surface area contributed by atoms with E-state index in [0.717, 1.165) is 16.9 Å². The summed E-state index contributed by atoms with van der Waals surface area (Å²) in [5.41, 5.74) is 19.5. The number of hydrogen-bond acceptors (Lipinski definition) is 1. The van der Waals surface area contributed by atoms with Gasteiger partial charge in [-0.05, 0) is 106 Å². The highest BCUT2D eigenvalue weighted by atomic mass is 16.5. The third-order valence-electron chi connectivity index (χ3n) is 14.1. The molecule has 4 aliphatic rings. The van der Waals surface area contributed by atoms with Crippen LogP contribution in [0.2, 0.25) is 0 Å². The van der Waals surface area contributed by atoms with Gasteiger partial charge in [-0.1, -0.05) is 194 Å². The molecule has 272 valence electrons. The summed E-state index contributed by atoms with van der Waals surface area (Å²) in [5, 5.41) is 4.88. The molecular weight excluding hydrogens is 713 g/mol. The maximum atomic E-state index is 7.17. The van der Waals surface area contributed by atoms with E-state index in [-0.39, 0.29) is 0 Å². The fourth-order valence-electron chi connectivity index (χ4n) is 12.0. The normalized spacial score (nSPS) is 16.5. The molecular formula is C58H34O. The zero-order valence-corrected chi connectivity index (χ0v) is 32.0. The minimum absolute atomic E-state index is 0.499. The van der Waals surface area contributed by atoms with Crippen molar-refractivity contribution in [2.45, 2.75) is 10.8 Å². The number of hydrogen-bond donors (Lipinski definition) is 0. The molecule has 0 saturated heterocycles. The lowest BCUT2D eigenvalue weighted by atomic mass is 9.65. The van der Waals surface area contributed by atoms with Gasteiger partial charge >= 0.3 is 0 Å². The molecule has 1 aliphatic heterocycles. The monoisotopic (exact) mass is 746 g/mol. The van der Waals surface area contributed by atoms with Crippen LogP contribution in [0, 0.1) is 0 Å². The van der Waals surface area contributed by atoms with Gasteiger partial charge in [0, 0.05) is 16.5 Å². The minimum Gasteiger partial charge on any atom is -0.456 e. The summed E-state index contributed by atoms with van der Waals surface area (Å²) in [6, 6.07) is 77.2. The first-order valence-corrected chi connectivity index (χ1v) is 20.7. The van der Waals surface area contributed by atoms with Crippen molar-refractivity contribution in [3.63, 3.8) is 0 Å². The van der Waals surface area contributed by atoms with E-state index >= 15 is 0 Å². The first kappa shape index (κ1) is 31.6. The molecule has 59 heavy (non-hydrogen) atoms. The highest BCUT2D eigenvalue weighted by molar-refractivity contribution is 6.07. The van der Waals surface area contributed by atoms with Gasteiger partial charge in [0.1, 0.15) is 11.5 Å². The Hall–Kier alpha value is -7.48. The van der Waals surface area contributed by atoms with Crippen LogP contribution in [0.1, 0.15) is 44.5 Å². The van der Waals surface area contributed by atoms with Gasteiger partial charge in [0.15, 0.2) is 0 Å². The first-order valence-electron chi connectivity index (χ1n) is 20.7. The largest absolute Gasteiger partial charge is 0.456 e. The highest BCUT2D eigenvalue weighted by Crippen LogP contribution is 2.67. The van der Waals surface area contributed by atoms with Crippen LogP contribution < -0.4 is 4.74 Å². The fourth-order valence-corrected chi connectivity index (χ4v) is 12.0. The van der Waals surface area contributed by atoms with Crippen LogP contribution in [-0.2, 0) is 10.8 Å². The Balaban J connectivity index is 1.10. The summed E-state index contributed by atoms with van der Waals surface area (Å²) in [6.07, 6.45) is 0. The van der Waals surface area contributed by atoms with Crippen molar-refractivity contribution in [2.24, 2.45) is 0 Å². The van der Waals surface area contributed by atoms with Crippen LogP contribution in [0.25, 0.3) is 66.1 Å². The van der Waals surface area contributed by atoms with Crippen molar-refractivity contribution in [2.75, 3.05) is 0 Å². The molecule has 1 heterocycles. The Morgan fingerprint density at radius 1 is 0.305 bits per heavy atom. The van der Waals surface area contributed by atoms with Crippen molar-refractivity contribution >= 4 is 21.5 Å². The average molecular weight is 747 g/mol. The molecule has 2 spiro atoms. The van der Waals surface area contributed by atoms with Gasteiger partial charge in [-0.3, -0.25) is 0 Å². The van der Waals surface area contributed by atoms with Gasteiger partial charge in [-0.15, -0.1) is 0 Å². The van der Waals surface area contributed by atoms with E-state index in [1.165, 1.54) is 105 Å². The van der Waals surface area contributed by atoms with Crippen molar-refractivity contribution < 1.29 is 4.74 Å². The zero-order chi connectivity index (χ0) is 38.5. The molecule has 10 aromatic carbocycles. The fraction of sp³-hybridized carbons (Fsp3) is 0.0345. The van der Waals surface area contributed by atoms with E-state index in [9.17, 15) is 0 Å². The van der Waals surface area contributed by atoms with Crippen LogP contribution in [0.4, 0.5) is 0 Å². The van der Waals surface area contributed by atoms with Crippen molar-refractivity contribution in [1.29, 1.82) is 0 Å². The average Bonchev–Trinajstić information content (AvgIpc) is 3.90. The summed E-state index contributed by atoms with van der Waals surface area (Å²) in [5.74, 6) is 1.84. The molecule has 0 radical (unpaired) electrons. The molecule has 1 unspecified atom stereocenters. The van der Waals surface area contributed by atoms with Gasteiger partial charge in [0.25, 0.3) is 0 Å². The molecule has 1 nitrogen and oxygen atoms in total. The molecule has 10 aromatic rings. The molecule has 1 atom stereocenters. The molecule has 0 saturated carbocycles. The summed E-state index contributed by atoms with van der Waals surface area (Å²) in [4.78, 5) is 0. The first-order chi connectivity index (χ1) is 29.3. The van der Waals surface area contributed by atoms with Gasteiger partial charge in [0.2, 0.25) is 0 Å². The number of fused-ring (bicyclic) bond motifs is 23. The van der Waals surface area contributed by atoms with Crippen LogP contribution in [-0.4, -0.2) is 0 Å². The van der Waals surface area contributed by atoms with Gasteiger partial charge in [-0.25, -0.2) is 0 Å². The molecule has 0 fully saturated rings. The Labute approximate surface area is 342 Å². The quantitative estimate of drug-likeness (QED) is 0.163. The minimum atomic E-state index is -0.583. The van der Waals surface area contributed by atoms with E-state index in [4.69, 9.17) is 4.74 Å².